The van der Waals surface area contributed by atoms with Crippen LogP contribution in [0.3, 0.4) is 0 Å². The van der Waals surface area contributed by atoms with Crippen molar-refractivity contribution in [1.29, 1.82) is 0 Å². The van der Waals surface area contributed by atoms with Crippen molar-refractivity contribution < 1.29 is 14.3 Å². The highest BCUT2D eigenvalue weighted by molar-refractivity contribution is 5.48. The molecule has 1 fully saturated rings. The number of unbranched alkanes of at least 4 members (excludes halogenated alkanes) is 2. The zero-order valence-corrected chi connectivity index (χ0v) is 13.5. The van der Waals surface area contributed by atoms with E-state index in [0.29, 0.717) is 6.42 Å². The minimum Gasteiger partial charge on any atom is -0.353 e. The van der Waals surface area contributed by atoms with Crippen LogP contribution in [-0.4, -0.2) is 25.8 Å². The molecule has 0 amide bonds. The molecular weight excluding hydrogens is 276 g/mol. The summed E-state index contributed by atoms with van der Waals surface area (Å²) in [5.74, 6) is 0. The fraction of sp³-hybridized carbons (Fsp3) is 0.632. The molecule has 1 aromatic rings. The first-order chi connectivity index (χ1) is 10.9. The van der Waals surface area contributed by atoms with Crippen LogP contribution >= 0.6 is 0 Å². The Morgan fingerprint density at radius 1 is 1.14 bits per heavy atom. The van der Waals surface area contributed by atoms with E-state index in [0.717, 1.165) is 58.0 Å². The van der Waals surface area contributed by atoms with Gasteiger partial charge in [0.15, 0.2) is 6.29 Å². The third-order valence-electron chi connectivity index (χ3n) is 4.08. The van der Waals surface area contributed by atoms with Crippen molar-refractivity contribution in [3.8, 4) is 0 Å². The van der Waals surface area contributed by atoms with Crippen LogP contribution in [0.25, 0.3) is 0 Å². The van der Waals surface area contributed by atoms with Gasteiger partial charge < -0.3 is 14.3 Å². The number of benzene rings is 1. The molecule has 1 saturated heterocycles. The molecule has 0 spiro atoms. The first-order valence-electron chi connectivity index (χ1n) is 8.63. The fourth-order valence-corrected chi connectivity index (χ4v) is 2.83. The van der Waals surface area contributed by atoms with Gasteiger partial charge in [-0.2, -0.15) is 0 Å². The summed E-state index contributed by atoms with van der Waals surface area (Å²) in [5, 5.41) is 0. The summed E-state index contributed by atoms with van der Waals surface area (Å²) < 4.78 is 11.3. The molecule has 0 aliphatic carbocycles. The van der Waals surface area contributed by atoms with Crippen LogP contribution in [0.4, 0.5) is 0 Å². The molecule has 0 bridgehead atoms. The molecule has 1 heterocycles. The van der Waals surface area contributed by atoms with E-state index in [2.05, 4.69) is 24.3 Å². The standard InChI is InChI=1S/C19H28O3/c20-13-4-1-2-8-17-9-6-10-18(16-17)11-7-15-22-19-12-3-5-14-21-19/h6,9-10,13,16,19H,1-5,7-8,11-12,14-15H2. The van der Waals surface area contributed by atoms with E-state index in [1.807, 2.05) is 0 Å². The van der Waals surface area contributed by atoms with Gasteiger partial charge in [-0.3, -0.25) is 0 Å². The van der Waals surface area contributed by atoms with Crippen molar-refractivity contribution in [3.63, 3.8) is 0 Å². The van der Waals surface area contributed by atoms with E-state index < -0.39 is 0 Å². The van der Waals surface area contributed by atoms with Gasteiger partial charge in [0, 0.05) is 13.0 Å². The van der Waals surface area contributed by atoms with E-state index in [-0.39, 0.29) is 6.29 Å². The average Bonchev–Trinajstić information content (AvgIpc) is 2.57. The van der Waals surface area contributed by atoms with Crippen molar-refractivity contribution in [1.82, 2.24) is 0 Å². The highest BCUT2D eigenvalue weighted by Gasteiger charge is 2.13. The topological polar surface area (TPSA) is 35.5 Å². The number of aldehydes is 1. The lowest BCUT2D eigenvalue weighted by Crippen LogP contribution is -2.22. The minimum absolute atomic E-state index is 0.0258. The second-order valence-corrected chi connectivity index (χ2v) is 6.00. The number of rotatable bonds is 10. The Labute approximate surface area is 134 Å². The van der Waals surface area contributed by atoms with E-state index in [4.69, 9.17) is 9.47 Å². The Kier molecular flexibility index (Phi) is 8.21. The Hall–Kier alpha value is -1.19. The zero-order valence-electron chi connectivity index (χ0n) is 13.5. The maximum absolute atomic E-state index is 10.3. The smallest absolute Gasteiger partial charge is 0.157 e. The SMILES string of the molecule is O=CCCCCc1cccc(CCCOC2CCCCO2)c1. The van der Waals surface area contributed by atoms with E-state index in [1.54, 1.807) is 0 Å². The monoisotopic (exact) mass is 304 g/mol. The van der Waals surface area contributed by atoms with Gasteiger partial charge in [0.1, 0.15) is 6.29 Å². The summed E-state index contributed by atoms with van der Waals surface area (Å²) in [4.78, 5) is 10.3. The molecular formula is C19H28O3. The highest BCUT2D eigenvalue weighted by Crippen LogP contribution is 2.15. The maximum atomic E-state index is 10.3. The number of carbonyl (C=O) groups is 1. The third kappa shape index (κ3) is 6.71. The molecule has 3 nitrogen and oxygen atoms in total. The quantitative estimate of drug-likeness (QED) is 0.483. The molecule has 1 aliphatic heterocycles. The van der Waals surface area contributed by atoms with Gasteiger partial charge >= 0.3 is 0 Å². The van der Waals surface area contributed by atoms with Crippen molar-refractivity contribution in [2.45, 2.75) is 64.1 Å². The summed E-state index contributed by atoms with van der Waals surface area (Å²) in [6.07, 6.45) is 10.4. The molecule has 0 radical (unpaired) electrons. The average molecular weight is 304 g/mol. The second-order valence-electron chi connectivity index (χ2n) is 6.00. The van der Waals surface area contributed by atoms with E-state index in [1.165, 1.54) is 24.0 Å². The van der Waals surface area contributed by atoms with Crippen molar-refractivity contribution in [2.75, 3.05) is 13.2 Å². The van der Waals surface area contributed by atoms with E-state index in [9.17, 15) is 4.79 Å². The Morgan fingerprint density at radius 2 is 1.95 bits per heavy atom. The van der Waals surface area contributed by atoms with Crippen molar-refractivity contribution in [3.05, 3.63) is 35.4 Å². The molecule has 122 valence electrons. The predicted molar refractivity (Wildman–Crippen MR) is 87.9 cm³/mol. The predicted octanol–water partition coefficient (Wildman–Crippen LogP) is 4.07. The fourth-order valence-electron chi connectivity index (χ4n) is 2.83. The van der Waals surface area contributed by atoms with Gasteiger partial charge in [0.05, 0.1) is 6.61 Å². The minimum atomic E-state index is 0.0258. The molecule has 1 atom stereocenters. The summed E-state index contributed by atoms with van der Waals surface area (Å²) in [5.41, 5.74) is 2.75. The summed E-state index contributed by atoms with van der Waals surface area (Å²) >= 11 is 0. The molecule has 1 aromatic carbocycles. The number of hydrogen-bond donors (Lipinski definition) is 0. The Bertz CT molecular complexity index is 424. The van der Waals surface area contributed by atoms with Crippen LogP contribution in [-0.2, 0) is 27.1 Å². The number of hydrogen-bond acceptors (Lipinski definition) is 3. The van der Waals surface area contributed by atoms with Crippen molar-refractivity contribution >= 4 is 6.29 Å². The highest BCUT2D eigenvalue weighted by atomic mass is 16.7. The summed E-state index contributed by atoms with van der Waals surface area (Å²) in [6.45, 7) is 1.62. The molecule has 2 rings (SSSR count). The van der Waals surface area contributed by atoms with Crippen LogP contribution in [0.15, 0.2) is 24.3 Å². The molecule has 0 saturated carbocycles. The summed E-state index contributed by atoms with van der Waals surface area (Å²) in [7, 11) is 0. The first-order valence-corrected chi connectivity index (χ1v) is 8.63. The largest absolute Gasteiger partial charge is 0.353 e. The molecule has 0 N–H and O–H groups in total. The number of ether oxygens (including phenoxy) is 2. The van der Waals surface area contributed by atoms with Crippen LogP contribution < -0.4 is 0 Å². The Morgan fingerprint density at radius 3 is 2.68 bits per heavy atom. The van der Waals surface area contributed by atoms with Crippen molar-refractivity contribution in [2.24, 2.45) is 0 Å². The van der Waals surface area contributed by atoms with Gasteiger partial charge in [0.25, 0.3) is 0 Å². The third-order valence-corrected chi connectivity index (χ3v) is 4.08. The number of carbonyl (C=O) groups excluding carboxylic acids is 1. The van der Waals surface area contributed by atoms with Gasteiger partial charge in [0.2, 0.25) is 0 Å². The van der Waals surface area contributed by atoms with Crippen LogP contribution in [0.2, 0.25) is 0 Å². The molecule has 1 unspecified atom stereocenters. The van der Waals surface area contributed by atoms with Crippen LogP contribution in [0.1, 0.15) is 56.1 Å². The second kappa shape index (κ2) is 10.5. The lowest BCUT2D eigenvalue weighted by atomic mass is 10.0. The lowest BCUT2D eigenvalue weighted by molar-refractivity contribution is -0.162. The Balaban J connectivity index is 1.63. The molecule has 3 heteroatoms. The van der Waals surface area contributed by atoms with Gasteiger partial charge in [-0.15, -0.1) is 0 Å². The summed E-state index contributed by atoms with van der Waals surface area (Å²) in [6, 6.07) is 8.79. The molecule has 22 heavy (non-hydrogen) atoms. The van der Waals surface area contributed by atoms with Gasteiger partial charge in [-0.05, 0) is 62.5 Å². The molecule has 1 aliphatic rings. The van der Waals surface area contributed by atoms with Gasteiger partial charge in [-0.1, -0.05) is 24.3 Å². The van der Waals surface area contributed by atoms with E-state index >= 15 is 0 Å². The zero-order chi connectivity index (χ0) is 15.5. The van der Waals surface area contributed by atoms with Crippen LogP contribution in [0.5, 0.6) is 0 Å². The lowest BCUT2D eigenvalue weighted by Gasteiger charge is -2.22. The van der Waals surface area contributed by atoms with Gasteiger partial charge in [-0.25, -0.2) is 0 Å². The number of aryl methyl sites for hydroxylation is 2. The normalized spacial score (nSPS) is 18.3. The maximum Gasteiger partial charge on any atom is 0.157 e. The first kappa shape index (κ1) is 17.2. The van der Waals surface area contributed by atoms with Crippen LogP contribution in [0, 0.1) is 0 Å². The molecule has 0 aromatic heterocycles.